The minimum atomic E-state index is -4.44. The third-order valence-electron chi connectivity index (χ3n) is 4.36. The smallest absolute Gasteiger partial charge is 0.351 e. The van der Waals surface area contributed by atoms with Gasteiger partial charge in [-0.05, 0) is 42.9 Å². The van der Waals surface area contributed by atoms with E-state index >= 15 is 0 Å². The van der Waals surface area contributed by atoms with Crippen LogP contribution < -0.4 is 10.0 Å². The van der Waals surface area contributed by atoms with Crippen LogP contribution >= 0.6 is 0 Å². The molecule has 0 radical (unpaired) electrons. The summed E-state index contributed by atoms with van der Waals surface area (Å²) in [5, 5.41) is 2.68. The highest BCUT2D eigenvalue weighted by Crippen LogP contribution is 2.32. The number of amides is 1. The maximum atomic E-state index is 12.9. The number of sulfonamides is 1. The third-order valence-corrected chi connectivity index (χ3v) is 5.79. The van der Waals surface area contributed by atoms with Gasteiger partial charge in [0, 0.05) is 17.5 Å². The first kappa shape index (κ1) is 21.9. The molecule has 0 unspecified atom stereocenters. The van der Waals surface area contributed by atoms with Crippen molar-refractivity contribution in [1.82, 2.24) is 10.0 Å². The van der Waals surface area contributed by atoms with E-state index in [9.17, 15) is 26.4 Å². The minimum absolute atomic E-state index is 0.0239. The van der Waals surface area contributed by atoms with E-state index in [0.717, 1.165) is 12.1 Å². The average Bonchev–Trinajstić information content (AvgIpc) is 2.65. The zero-order valence-electron chi connectivity index (χ0n) is 15.6. The summed E-state index contributed by atoms with van der Waals surface area (Å²) in [6, 6.07) is 10.3. The van der Waals surface area contributed by atoms with Crippen LogP contribution in [-0.4, -0.2) is 27.9 Å². The van der Waals surface area contributed by atoms with Gasteiger partial charge in [-0.3, -0.25) is 4.79 Å². The molecule has 5 nitrogen and oxygen atoms in total. The molecule has 1 amide bonds. The van der Waals surface area contributed by atoms with Crippen molar-refractivity contribution in [1.29, 1.82) is 0 Å². The molecule has 0 spiro atoms. The van der Waals surface area contributed by atoms with E-state index in [4.69, 9.17) is 0 Å². The Morgan fingerprint density at radius 3 is 2.11 bits per heavy atom. The van der Waals surface area contributed by atoms with Crippen LogP contribution in [0.1, 0.15) is 35.3 Å². The maximum absolute atomic E-state index is 12.9. The van der Waals surface area contributed by atoms with E-state index < -0.39 is 33.1 Å². The van der Waals surface area contributed by atoms with Crippen molar-refractivity contribution in [2.24, 2.45) is 0 Å². The number of hydrogen-bond donors (Lipinski definition) is 2. The lowest BCUT2D eigenvalue weighted by atomic mass is 9.83. The lowest BCUT2D eigenvalue weighted by Crippen LogP contribution is -2.36. The van der Waals surface area contributed by atoms with E-state index in [1.165, 1.54) is 37.4 Å². The molecule has 0 atom stereocenters. The molecule has 152 valence electrons. The monoisotopic (exact) mass is 414 g/mol. The minimum Gasteiger partial charge on any atom is -0.351 e. The average molecular weight is 414 g/mol. The molecule has 0 bridgehead atoms. The zero-order chi connectivity index (χ0) is 21.2. The summed E-state index contributed by atoms with van der Waals surface area (Å²) in [4.78, 5) is 12.3. The van der Waals surface area contributed by atoms with Crippen molar-refractivity contribution in [3.05, 3.63) is 65.2 Å². The van der Waals surface area contributed by atoms with Crippen molar-refractivity contribution in [3.63, 3.8) is 0 Å². The highest BCUT2D eigenvalue weighted by molar-refractivity contribution is 7.89. The fourth-order valence-electron chi connectivity index (χ4n) is 2.53. The van der Waals surface area contributed by atoms with Gasteiger partial charge in [-0.25, -0.2) is 13.1 Å². The van der Waals surface area contributed by atoms with Gasteiger partial charge in [-0.2, -0.15) is 13.2 Å². The quantitative estimate of drug-likeness (QED) is 0.762. The summed E-state index contributed by atoms with van der Waals surface area (Å²) in [6.45, 7) is 3.56. The zero-order valence-corrected chi connectivity index (χ0v) is 16.4. The molecular weight excluding hydrogens is 393 g/mol. The van der Waals surface area contributed by atoms with Crippen LogP contribution in [0.25, 0.3) is 0 Å². The molecule has 28 heavy (non-hydrogen) atoms. The fraction of sp³-hybridized carbons (Fsp3) is 0.316. The van der Waals surface area contributed by atoms with Crippen molar-refractivity contribution in [2.75, 3.05) is 13.6 Å². The summed E-state index contributed by atoms with van der Waals surface area (Å²) in [5.41, 5.74) is -0.800. The van der Waals surface area contributed by atoms with Crippen LogP contribution in [0, 0.1) is 0 Å². The van der Waals surface area contributed by atoms with Crippen LogP contribution in [0.4, 0.5) is 13.2 Å². The summed E-state index contributed by atoms with van der Waals surface area (Å²) >= 11 is 0. The van der Waals surface area contributed by atoms with Gasteiger partial charge in [0.05, 0.1) is 10.5 Å². The number of carbonyl (C=O) groups is 1. The molecule has 2 aromatic rings. The Kier molecular flexibility index (Phi) is 6.20. The summed E-state index contributed by atoms with van der Waals surface area (Å²) in [6.07, 6.45) is -4.44. The van der Waals surface area contributed by atoms with Crippen molar-refractivity contribution >= 4 is 15.9 Å². The topological polar surface area (TPSA) is 75.3 Å². The van der Waals surface area contributed by atoms with E-state index in [1.54, 1.807) is 19.9 Å². The number of benzene rings is 2. The van der Waals surface area contributed by atoms with E-state index in [1.807, 2.05) is 0 Å². The summed E-state index contributed by atoms with van der Waals surface area (Å²) < 4.78 is 64.3. The second kappa shape index (κ2) is 7.92. The van der Waals surface area contributed by atoms with Crippen LogP contribution in [0.15, 0.2) is 53.4 Å². The van der Waals surface area contributed by atoms with Gasteiger partial charge in [0.1, 0.15) is 0 Å². The standard InChI is InChI=1S/C19H21F3N2O3S/c1-18(2,14-5-4-6-15(11-14)19(20,21)22)12-24-17(25)13-7-9-16(10-8-13)28(26,27)23-3/h4-11,23H,12H2,1-3H3,(H,24,25). The number of alkyl halides is 3. The molecule has 2 rings (SSSR count). The number of nitrogens with one attached hydrogen (secondary N) is 2. The Morgan fingerprint density at radius 1 is 1.00 bits per heavy atom. The Balaban J connectivity index is 2.11. The maximum Gasteiger partial charge on any atom is 0.416 e. The lowest BCUT2D eigenvalue weighted by molar-refractivity contribution is -0.137. The van der Waals surface area contributed by atoms with Crippen LogP contribution in [0.2, 0.25) is 0 Å². The van der Waals surface area contributed by atoms with Crippen molar-refractivity contribution in [2.45, 2.75) is 30.3 Å². The Bertz CT molecular complexity index is 953. The SMILES string of the molecule is CNS(=O)(=O)c1ccc(C(=O)NCC(C)(C)c2cccc(C(F)(F)F)c2)cc1. The molecule has 0 aliphatic rings. The lowest BCUT2D eigenvalue weighted by Gasteiger charge is -2.26. The summed E-state index contributed by atoms with van der Waals surface area (Å²) in [5.74, 6) is -0.451. The highest BCUT2D eigenvalue weighted by Gasteiger charge is 2.32. The normalized spacial score (nSPS) is 12.6. The summed E-state index contributed by atoms with van der Waals surface area (Å²) in [7, 11) is -2.32. The first-order chi connectivity index (χ1) is 12.9. The second-order valence-corrected chi connectivity index (χ2v) is 8.76. The molecule has 0 aliphatic carbocycles. The van der Waals surface area contributed by atoms with E-state index in [0.29, 0.717) is 5.56 Å². The van der Waals surface area contributed by atoms with Gasteiger partial charge in [-0.15, -0.1) is 0 Å². The molecule has 2 N–H and O–H groups in total. The number of hydrogen-bond acceptors (Lipinski definition) is 3. The van der Waals surface area contributed by atoms with E-state index in [-0.39, 0.29) is 17.0 Å². The van der Waals surface area contributed by atoms with Crippen molar-refractivity contribution < 1.29 is 26.4 Å². The third kappa shape index (κ3) is 5.11. The first-order valence-corrected chi connectivity index (χ1v) is 9.85. The molecule has 9 heteroatoms. The van der Waals surface area contributed by atoms with Crippen LogP contribution in [-0.2, 0) is 21.6 Å². The Hall–Kier alpha value is -2.39. The van der Waals surface area contributed by atoms with Gasteiger partial charge in [0.15, 0.2) is 0 Å². The fourth-order valence-corrected chi connectivity index (χ4v) is 3.26. The molecule has 0 saturated carbocycles. The largest absolute Gasteiger partial charge is 0.416 e. The first-order valence-electron chi connectivity index (χ1n) is 8.36. The predicted molar refractivity (Wildman–Crippen MR) is 99.5 cm³/mol. The van der Waals surface area contributed by atoms with Gasteiger partial charge in [-0.1, -0.05) is 32.0 Å². The van der Waals surface area contributed by atoms with Gasteiger partial charge in [0.2, 0.25) is 10.0 Å². The van der Waals surface area contributed by atoms with Gasteiger partial charge in [0.25, 0.3) is 5.91 Å². The number of carbonyl (C=O) groups excluding carboxylic acids is 1. The molecule has 0 aromatic heterocycles. The van der Waals surface area contributed by atoms with Crippen molar-refractivity contribution in [3.8, 4) is 0 Å². The Morgan fingerprint density at radius 2 is 1.57 bits per heavy atom. The van der Waals surface area contributed by atoms with Crippen LogP contribution in [0.5, 0.6) is 0 Å². The molecule has 0 fully saturated rings. The van der Waals surface area contributed by atoms with Gasteiger partial charge >= 0.3 is 6.18 Å². The number of halogens is 3. The second-order valence-electron chi connectivity index (χ2n) is 6.88. The van der Waals surface area contributed by atoms with Gasteiger partial charge < -0.3 is 5.32 Å². The molecule has 0 aliphatic heterocycles. The number of rotatable bonds is 6. The molecule has 0 saturated heterocycles. The molecular formula is C19H21F3N2O3S. The molecule has 0 heterocycles. The predicted octanol–water partition coefficient (Wildman–Crippen LogP) is 3.32. The highest BCUT2D eigenvalue weighted by atomic mass is 32.2. The van der Waals surface area contributed by atoms with Crippen LogP contribution in [0.3, 0.4) is 0 Å². The molecule has 2 aromatic carbocycles. The van der Waals surface area contributed by atoms with E-state index in [2.05, 4.69) is 10.0 Å². The Labute approximate surface area is 162 Å².